The van der Waals surface area contributed by atoms with E-state index < -0.39 is 16.2 Å². The lowest BCUT2D eigenvalue weighted by Gasteiger charge is -2.13. The fraction of sp³-hybridized carbons (Fsp3) is 0.889. The van der Waals surface area contributed by atoms with Gasteiger partial charge in [-0.1, -0.05) is 6.92 Å². The van der Waals surface area contributed by atoms with Gasteiger partial charge in [-0.15, -0.1) is 0 Å². The molecule has 0 bridgehead atoms. The van der Waals surface area contributed by atoms with Crippen molar-refractivity contribution in [2.45, 2.75) is 45.6 Å². The number of carboxylic acid groups (broad SMARTS) is 1. The summed E-state index contributed by atoms with van der Waals surface area (Å²) in [6.07, 6.45) is 1.77. The van der Waals surface area contributed by atoms with Gasteiger partial charge in [-0.3, -0.25) is 4.79 Å². The van der Waals surface area contributed by atoms with Crippen LogP contribution >= 0.6 is 0 Å². The Labute approximate surface area is 96.6 Å². The number of rotatable bonds is 9. The molecule has 1 atom stereocenters. The molecule has 0 saturated carbocycles. The van der Waals surface area contributed by atoms with Gasteiger partial charge >= 0.3 is 5.97 Å². The van der Waals surface area contributed by atoms with Crippen LogP contribution in [0.5, 0.6) is 0 Å². The van der Waals surface area contributed by atoms with E-state index in [4.69, 9.17) is 5.11 Å². The minimum Gasteiger partial charge on any atom is -0.481 e. The first kappa shape index (κ1) is 15.3. The molecule has 1 unspecified atom stereocenters. The third-order valence-electron chi connectivity index (χ3n) is 1.93. The van der Waals surface area contributed by atoms with Crippen molar-refractivity contribution in [3.8, 4) is 0 Å². The maximum atomic E-state index is 11.4. The van der Waals surface area contributed by atoms with E-state index in [-0.39, 0.29) is 12.5 Å². The Bertz CT molecular complexity index is 303. The first-order valence-electron chi connectivity index (χ1n) is 5.36. The van der Waals surface area contributed by atoms with Crippen LogP contribution in [-0.4, -0.2) is 32.1 Å². The van der Waals surface area contributed by atoms with Crippen molar-refractivity contribution in [1.82, 2.24) is 9.44 Å². The van der Waals surface area contributed by atoms with E-state index in [0.29, 0.717) is 19.4 Å². The Morgan fingerprint density at radius 1 is 1.44 bits per heavy atom. The predicted molar refractivity (Wildman–Crippen MR) is 61.3 cm³/mol. The number of carbonyl (C=O) groups is 1. The summed E-state index contributed by atoms with van der Waals surface area (Å²) in [4.78, 5) is 10.3. The van der Waals surface area contributed by atoms with Gasteiger partial charge in [0, 0.05) is 19.0 Å². The molecule has 0 radical (unpaired) electrons. The zero-order valence-corrected chi connectivity index (χ0v) is 10.5. The van der Waals surface area contributed by atoms with Crippen LogP contribution < -0.4 is 9.44 Å². The SMILES string of the molecule is CCCNS(=O)(=O)NC(C)CCCC(=O)O. The van der Waals surface area contributed by atoms with Crippen LogP contribution in [0.4, 0.5) is 0 Å². The predicted octanol–water partition coefficient (Wildman–Crippen LogP) is 0.464. The molecule has 0 aromatic carbocycles. The monoisotopic (exact) mass is 252 g/mol. The molecule has 16 heavy (non-hydrogen) atoms. The fourth-order valence-corrected chi connectivity index (χ4v) is 2.37. The molecule has 3 N–H and O–H groups in total. The molecule has 0 saturated heterocycles. The van der Waals surface area contributed by atoms with Crippen molar-refractivity contribution in [3.63, 3.8) is 0 Å². The lowest BCUT2D eigenvalue weighted by molar-refractivity contribution is -0.137. The quantitative estimate of drug-likeness (QED) is 0.555. The van der Waals surface area contributed by atoms with Gasteiger partial charge in [0.15, 0.2) is 0 Å². The van der Waals surface area contributed by atoms with Crippen molar-refractivity contribution in [2.24, 2.45) is 0 Å². The van der Waals surface area contributed by atoms with Gasteiger partial charge in [0.1, 0.15) is 0 Å². The Hall–Kier alpha value is -0.660. The second-order valence-corrected chi connectivity index (χ2v) is 5.23. The van der Waals surface area contributed by atoms with Crippen molar-refractivity contribution in [2.75, 3.05) is 6.54 Å². The van der Waals surface area contributed by atoms with Gasteiger partial charge in [0.05, 0.1) is 0 Å². The van der Waals surface area contributed by atoms with E-state index in [1.807, 2.05) is 6.92 Å². The van der Waals surface area contributed by atoms with Crippen LogP contribution in [0.3, 0.4) is 0 Å². The van der Waals surface area contributed by atoms with Crippen LogP contribution in [0.15, 0.2) is 0 Å². The van der Waals surface area contributed by atoms with Gasteiger partial charge in [-0.2, -0.15) is 13.1 Å². The minimum absolute atomic E-state index is 0.0639. The maximum Gasteiger partial charge on any atom is 0.303 e. The molecule has 6 nitrogen and oxygen atoms in total. The standard InChI is InChI=1S/C9H20N2O4S/c1-3-7-10-16(14,15)11-8(2)5-4-6-9(12)13/h8,10-11H,3-7H2,1-2H3,(H,12,13). The molecular weight excluding hydrogens is 232 g/mol. The first-order chi connectivity index (χ1) is 7.37. The highest BCUT2D eigenvalue weighted by Gasteiger charge is 2.13. The lowest BCUT2D eigenvalue weighted by atomic mass is 10.1. The van der Waals surface area contributed by atoms with E-state index in [1.165, 1.54) is 0 Å². The summed E-state index contributed by atoms with van der Waals surface area (Å²) in [5.74, 6) is -0.862. The highest BCUT2D eigenvalue weighted by Crippen LogP contribution is 2.01. The normalized spacial score (nSPS) is 13.6. The van der Waals surface area contributed by atoms with Crippen LogP contribution in [0.25, 0.3) is 0 Å². The van der Waals surface area contributed by atoms with Crippen molar-refractivity contribution >= 4 is 16.2 Å². The van der Waals surface area contributed by atoms with E-state index in [0.717, 1.165) is 6.42 Å². The van der Waals surface area contributed by atoms with Crippen molar-refractivity contribution in [3.05, 3.63) is 0 Å². The summed E-state index contributed by atoms with van der Waals surface area (Å²) in [5, 5.41) is 8.42. The van der Waals surface area contributed by atoms with Crippen LogP contribution in [0.2, 0.25) is 0 Å². The second kappa shape index (κ2) is 7.59. The Kier molecular flexibility index (Phi) is 7.27. The van der Waals surface area contributed by atoms with E-state index >= 15 is 0 Å². The summed E-state index contributed by atoms with van der Waals surface area (Å²) >= 11 is 0. The minimum atomic E-state index is -3.44. The maximum absolute atomic E-state index is 11.4. The summed E-state index contributed by atoms with van der Waals surface area (Å²) in [6, 6.07) is -0.256. The zero-order valence-electron chi connectivity index (χ0n) is 9.69. The molecule has 0 spiro atoms. The van der Waals surface area contributed by atoms with Crippen molar-refractivity contribution < 1.29 is 18.3 Å². The summed E-state index contributed by atoms with van der Waals surface area (Å²) in [5.41, 5.74) is 0. The molecule has 0 aliphatic rings. The van der Waals surface area contributed by atoms with Gasteiger partial charge in [0.25, 0.3) is 10.2 Å². The molecule has 0 aromatic rings. The number of carboxylic acids is 1. The number of hydrogen-bond acceptors (Lipinski definition) is 3. The van der Waals surface area contributed by atoms with Crippen molar-refractivity contribution in [1.29, 1.82) is 0 Å². The van der Waals surface area contributed by atoms with E-state index in [9.17, 15) is 13.2 Å². The molecule has 0 heterocycles. The highest BCUT2D eigenvalue weighted by atomic mass is 32.2. The molecule has 0 rings (SSSR count). The van der Waals surface area contributed by atoms with Gasteiger partial charge < -0.3 is 5.11 Å². The molecule has 0 aromatic heterocycles. The molecule has 0 aliphatic carbocycles. The smallest absolute Gasteiger partial charge is 0.303 e. The average molecular weight is 252 g/mol. The highest BCUT2D eigenvalue weighted by molar-refractivity contribution is 7.87. The Morgan fingerprint density at radius 2 is 2.06 bits per heavy atom. The summed E-state index contributed by atoms with van der Waals surface area (Å²) < 4.78 is 27.5. The molecular formula is C9H20N2O4S. The Balaban J connectivity index is 3.85. The average Bonchev–Trinajstić information content (AvgIpc) is 2.13. The third-order valence-corrected chi connectivity index (χ3v) is 3.22. The molecule has 96 valence electrons. The molecule has 0 aliphatic heterocycles. The van der Waals surface area contributed by atoms with E-state index in [1.54, 1.807) is 6.92 Å². The van der Waals surface area contributed by atoms with E-state index in [2.05, 4.69) is 9.44 Å². The Morgan fingerprint density at radius 3 is 2.56 bits per heavy atom. The first-order valence-corrected chi connectivity index (χ1v) is 6.84. The van der Waals surface area contributed by atoms with Crippen LogP contribution in [-0.2, 0) is 15.0 Å². The summed E-state index contributed by atoms with van der Waals surface area (Å²) in [7, 11) is -3.44. The van der Waals surface area contributed by atoms with Gasteiger partial charge in [0.2, 0.25) is 0 Å². The fourth-order valence-electron chi connectivity index (χ4n) is 1.16. The van der Waals surface area contributed by atoms with Crippen LogP contribution in [0.1, 0.15) is 39.5 Å². The number of nitrogens with one attached hydrogen (secondary N) is 2. The largest absolute Gasteiger partial charge is 0.481 e. The van der Waals surface area contributed by atoms with Gasteiger partial charge in [-0.05, 0) is 26.2 Å². The number of aliphatic carboxylic acids is 1. The molecule has 0 fully saturated rings. The lowest BCUT2D eigenvalue weighted by Crippen LogP contribution is -2.41. The second-order valence-electron chi connectivity index (χ2n) is 3.70. The zero-order chi connectivity index (χ0) is 12.6. The van der Waals surface area contributed by atoms with Gasteiger partial charge in [-0.25, -0.2) is 4.72 Å². The summed E-state index contributed by atoms with van der Waals surface area (Å²) in [6.45, 7) is 3.99. The molecule has 7 heteroatoms. The van der Waals surface area contributed by atoms with Crippen LogP contribution in [0, 0.1) is 0 Å². The third kappa shape index (κ3) is 8.63. The topological polar surface area (TPSA) is 95.5 Å². The number of hydrogen-bond donors (Lipinski definition) is 3. The molecule has 0 amide bonds.